The smallest absolute Gasteiger partial charge is 0.303 e. The molecule has 0 unspecified atom stereocenters. The third-order valence-corrected chi connectivity index (χ3v) is 3.65. The van der Waals surface area contributed by atoms with Gasteiger partial charge in [0.2, 0.25) is 0 Å². The number of carboxylic acid groups (broad SMARTS) is 1. The molecule has 6 nitrogen and oxygen atoms in total. The predicted octanol–water partition coefficient (Wildman–Crippen LogP) is 1.96. The highest BCUT2D eigenvalue weighted by atomic mass is 16.4. The van der Waals surface area contributed by atoms with Gasteiger partial charge in [-0.2, -0.15) is 0 Å². The molecule has 0 spiro atoms. The summed E-state index contributed by atoms with van der Waals surface area (Å²) in [4.78, 5) is 10.9. The Kier molecular flexibility index (Phi) is 4.50. The van der Waals surface area contributed by atoms with Gasteiger partial charge in [-0.15, -0.1) is 0 Å². The van der Waals surface area contributed by atoms with Gasteiger partial charge in [-0.3, -0.25) is 4.79 Å². The zero-order chi connectivity index (χ0) is 15.5. The maximum absolute atomic E-state index is 10.9. The summed E-state index contributed by atoms with van der Waals surface area (Å²) in [5.74, 6) is 1.72. The molecule has 2 rings (SSSR count). The van der Waals surface area contributed by atoms with Crippen molar-refractivity contribution in [3.8, 4) is 0 Å². The number of carbonyl (C=O) groups is 1. The average molecular weight is 292 g/mol. The topological polar surface area (TPSA) is 116 Å². The minimum Gasteiger partial charge on any atom is -0.481 e. The second kappa shape index (κ2) is 6.15. The second-order valence-corrected chi connectivity index (χ2v) is 5.17. The molecular formula is C15H20N2O4. The maximum Gasteiger partial charge on any atom is 0.303 e. The minimum atomic E-state index is -0.863. The van der Waals surface area contributed by atoms with Gasteiger partial charge in [0.1, 0.15) is 23.0 Å². The first-order valence-corrected chi connectivity index (χ1v) is 6.80. The minimum absolute atomic E-state index is 0.00775. The van der Waals surface area contributed by atoms with E-state index in [0.717, 1.165) is 0 Å². The van der Waals surface area contributed by atoms with Crippen LogP contribution in [0.4, 0.5) is 0 Å². The van der Waals surface area contributed by atoms with Crippen molar-refractivity contribution >= 4 is 5.97 Å². The van der Waals surface area contributed by atoms with Crippen LogP contribution in [0.2, 0.25) is 0 Å². The van der Waals surface area contributed by atoms with Gasteiger partial charge in [-0.05, 0) is 37.6 Å². The van der Waals surface area contributed by atoms with Crippen molar-refractivity contribution in [1.82, 2.24) is 0 Å². The highest BCUT2D eigenvalue weighted by Crippen LogP contribution is 2.38. The van der Waals surface area contributed by atoms with Crippen LogP contribution in [-0.4, -0.2) is 11.1 Å². The lowest BCUT2D eigenvalue weighted by Crippen LogP contribution is -2.23. The summed E-state index contributed by atoms with van der Waals surface area (Å²) in [5.41, 5.74) is 10.5. The third kappa shape index (κ3) is 3.17. The summed E-state index contributed by atoms with van der Waals surface area (Å²) >= 11 is 0. The van der Waals surface area contributed by atoms with E-state index in [1.54, 1.807) is 12.1 Å². The normalized spacial score (nSPS) is 11.8. The van der Waals surface area contributed by atoms with Gasteiger partial charge in [-0.1, -0.05) is 0 Å². The van der Waals surface area contributed by atoms with Crippen LogP contribution in [0.15, 0.2) is 33.1 Å². The van der Waals surface area contributed by atoms with E-state index in [9.17, 15) is 4.79 Å². The standard InChI is InChI=1S/C15H20N2O4/c1-15(7-6-14(18)19,12-4-2-10(8-16)20-12)13-5-3-11(9-17)21-13/h2-5H,6-9,16-17H2,1H3,(H,18,19). The van der Waals surface area contributed by atoms with Crippen molar-refractivity contribution in [2.24, 2.45) is 11.5 Å². The number of carboxylic acids is 1. The van der Waals surface area contributed by atoms with Gasteiger partial charge in [0, 0.05) is 6.42 Å². The Bertz CT molecular complexity index is 572. The van der Waals surface area contributed by atoms with Crippen molar-refractivity contribution in [1.29, 1.82) is 0 Å². The largest absolute Gasteiger partial charge is 0.481 e. The molecule has 0 saturated carbocycles. The molecule has 114 valence electrons. The fourth-order valence-electron chi connectivity index (χ4n) is 2.29. The molecular weight excluding hydrogens is 272 g/mol. The highest BCUT2D eigenvalue weighted by Gasteiger charge is 2.36. The van der Waals surface area contributed by atoms with E-state index in [2.05, 4.69) is 0 Å². The molecule has 5 N–H and O–H groups in total. The van der Waals surface area contributed by atoms with Crippen molar-refractivity contribution in [2.75, 3.05) is 0 Å². The van der Waals surface area contributed by atoms with Gasteiger partial charge in [0.05, 0.1) is 18.5 Å². The molecule has 21 heavy (non-hydrogen) atoms. The van der Waals surface area contributed by atoms with Gasteiger partial charge in [0.15, 0.2) is 0 Å². The average Bonchev–Trinajstić information content (AvgIpc) is 3.13. The predicted molar refractivity (Wildman–Crippen MR) is 76.5 cm³/mol. The van der Waals surface area contributed by atoms with Gasteiger partial charge >= 0.3 is 5.97 Å². The molecule has 2 aromatic heterocycles. The van der Waals surface area contributed by atoms with Crippen molar-refractivity contribution in [3.05, 3.63) is 47.3 Å². The zero-order valence-corrected chi connectivity index (χ0v) is 12.0. The molecule has 0 aliphatic rings. The third-order valence-electron chi connectivity index (χ3n) is 3.65. The Morgan fingerprint density at radius 3 is 1.90 bits per heavy atom. The number of rotatable bonds is 7. The van der Waals surface area contributed by atoms with Crippen molar-refractivity contribution in [2.45, 2.75) is 38.3 Å². The number of nitrogens with two attached hydrogens (primary N) is 2. The van der Waals surface area contributed by atoms with Crippen LogP contribution in [0, 0.1) is 0 Å². The van der Waals surface area contributed by atoms with E-state index in [-0.39, 0.29) is 6.42 Å². The molecule has 0 fully saturated rings. The summed E-state index contributed by atoms with van der Waals surface area (Å²) in [6.45, 7) is 2.48. The summed E-state index contributed by atoms with van der Waals surface area (Å²) in [6, 6.07) is 7.21. The Morgan fingerprint density at radius 1 is 1.10 bits per heavy atom. The SMILES string of the molecule is CC(CCC(=O)O)(c1ccc(CN)o1)c1ccc(CN)o1. The van der Waals surface area contributed by atoms with E-state index in [1.807, 2.05) is 19.1 Å². The molecule has 0 aromatic carbocycles. The lowest BCUT2D eigenvalue weighted by atomic mass is 9.80. The number of furan rings is 2. The number of aliphatic carboxylic acids is 1. The molecule has 2 heterocycles. The maximum atomic E-state index is 10.9. The molecule has 0 atom stereocenters. The highest BCUT2D eigenvalue weighted by molar-refractivity contribution is 5.67. The van der Waals surface area contributed by atoms with E-state index < -0.39 is 11.4 Å². The van der Waals surface area contributed by atoms with Crippen LogP contribution in [0.1, 0.15) is 42.8 Å². The Morgan fingerprint density at radius 2 is 1.57 bits per heavy atom. The fraction of sp³-hybridized carbons (Fsp3) is 0.400. The molecule has 6 heteroatoms. The quantitative estimate of drug-likeness (QED) is 0.718. The summed E-state index contributed by atoms with van der Waals surface area (Å²) in [7, 11) is 0. The molecule has 0 radical (unpaired) electrons. The lowest BCUT2D eigenvalue weighted by Gasteiger charge is -2.24. The van der Waals surface area contributed by atoms with Gasteiger partial charge in [-0.25, -0.2) is 0 Å². The van der Waals surface area contributed by atoms with E-state index in [0.29, 0.717) is 42.6 Å². The van der Waals surface area contributed by atoms with E-state index in [1.165, 1.54) is 0 Å². The first kappa shape index (κ1) is 15.3. The van der Waals surface area contributed by atoms with Gasteiger partial charge in [0.25, 0.3) is 0 Å². The first-order chi connectivity index (χ1) is 9.99. The molecule has 0 aliphatic carbocycles. The zero-order valence-electron chi connectivity index (χ0n) is 12.0. The van der Waals surface area contributed by atoms with Crippen molar-refractivity contribution < 1.29 is 18.7 Å². The molecule has 0 amide bonds. The number of hydrogen-bond donors (Lipinski definition) is 3. The molecule has 0 saturated heterocycles. The van der Waals surface area contributed by atoms with Crippen LogP contribution in [-0.2, 0) is 23.3 Å². The first-order valence-electron chi connectivity index (χ1n) is 6.80. The van der Waals surface area contributed by atoms with Crippen LogP contribution in [0.5, 0.6) is 0 Å². The van der Waals surface area contributed by atoms with Crippen LogP contribution in [0.25, 0.3) is 0 Å². The fourth-order valence-corrected chi connectivity index (χ4v) is 2.29. The van der Waals surface area contributed by atoms with Gasteiger partial charge < -0.3 is 25.4 Å². The lowest BCUT2D eigenvalue weighted by molar-refractivity contribution is -0.137. The second-order valence-electron chi connectivity index (χ2n) is 5.17. The summed E-state index contributed by atoms with van der Waals surface area (Å²) < 4.78 is 11.4. The van der Waals surface area contributed by atoms with E-state index in [4.69, 9.17) is 25.4 Å². The van der Waals surface area contributed by atoms with E-state index >= 15 is 0 Å². The summed E-state index contributed by atoms with van der Waals surface area (Å²) in [6.07, 6.45) is 0.366. The Hall–Kier alpha value is -2.05. The molecule has 0 aliphatic heterocycles. The van der Waals surface area contributed by atoms with Crippen LogP contribution >= 0.6 is 0 Å². The summed E-state index contributed by atoms with van der Waals surface area (Å²) in [5, 5.41) is 8.97. The van der Waals surface area contributed by atoms with Crippen LogP contribution in [0.3, 0.4) is 0 Å². The van der Waals surface area contributed by atoms with Crippen molar-refractivity contribution in [3.63, 3.8) is 0 Å². The Balaban J connectivity index is 2.39. The monoisotopic (exact) mass is 292 g/mol. The van der Waals surface area contributed by atoms with Crippen LogP contribution < -0.4 is 11.5 Å². The Labute approximate surface area is 122 Å². The molecule has 2 aromatic rings. The molecule has 0 bridgehead atoms. The number of hydrogen-bond acceptors (Lipinski definition) is 5.